The summed E-state index contributed by atoms with van der Waals surface area (Å²) in [5, 5.41) is 0. The Morgan fingerprint density at radius 2 is 1.72 bits per heavy atom. The van der Waals surface area contributed by atoms with Crippen molar-refractivity contribution in [1.29, 1.82) is 0 Å². The number of allylic oxidation sites excluding steroid dienone is 2. The quantitative estimate of drug-likeness (QED) is 0.632. The molecule has 0 radical (unpaired) electrons. The maximum Gasteiger partial charge on any atom is 0.166 e. The summed E-state index contributed by atoms with van der Waals surface area (Å²) in [6, 6.07) is 4.52. The Kier molecular flexibility index (Phi) is 1.63. The molecule has 3 aliphatic rings. The molecule has 0 spiro atoms. The fourth-order valence-corrected chi connectivity index (χ4v) is 4.29. The number of benzene rings is 1. The van der Waals surface area contributed by atoms with Gasteiger partial charge in [0.15, 0.2) is 5.78 Å². The standard InChI is InChI=1S/C17H18O/c1-10-6-11-7-13-14(8-12(11)15(10)18)17(3)5-4-16(13,2)9-17/h4-5,7-8,10H,6,9H2,1-3H3. The van der Waals surface area contributed by atoms with Crippen molar-refractivity contribution in [2.45, 2.75) is 44.4 Å². The SMILES string of the molecule is CC1Cc2cc3c(cc2C1=O)C1(C)C=CC3(C)C1. The molecule has 4 rings (SSSR count). The van der Waals surface area contributed by atoms with Gasteiger partial charge in [0, 0.05) is 22.3 Å². The van der Waals surface area contributed by atoms with Crippen LogP contribution in [0.5, 0.6) is 0 Å². The van der Waals surface area contributed by atoms with Crippen LogP contribution in [0.15, 0.2) is 24.3 Å². The predicted molar refractivity (Wildman–Crippen MR) is 72.1 cm³/mol. The lowest BCUT2D eigenvalue weighted by Crippen LogP contribution is -2.14. The van der Waals surface area contributed by atoms with Gasteiger partial charge in [0.1, 0.15) is 0 Å². The number of rotatable bonds is 0. The molecule has 0 aliphatic heterocycles. The van der Waals surface area contributed by atoms with Gasteiger partial charge in [-0.1, -0.05) is 39.0 Å². The van der Waals surface area contributed by atoms with Crippen molar-refractivity contribution < 1.29 is 4.79 Å². The topological polar surface area (TPSA) is 17.1 Å². The molecule has 0 saturated carbocycles. The molecule has 0 aromatic heterocycles. The Labute approximate surface area is 108 Å². The van der Waals surface area contributed by atoms with Crippen LogP contribution in [0.3, 0.4) is 0 Å². The first-order valence-corrected chi connectivity index (χ1v) is 6.85. The molecule has 0 heterocycles. The fourth-order valence-electron chi connectivity index (χ4n) is 4.29. The maximum absolute atomic E-state index is 12.2. The van der Waals surface area contributed by atoms with Crippen LogP contribution >= 0.6 is 0 Å². The normalized spacial score (nSPS) is 39.3. The average Bonchev–Trinajstić information content (AvgIpc) is 2.85. The van der Waals surface area contributed by atoms with Crippen LogP contribution in [0.4, 0.5) is 0 Å². The number of ketones is 1. The highest BCUT2D eigenvalue weighted by Gasteiger charge is 2.50. The molecule has 0 fully saturated rings. The zero-order chi connectivity index (χ0) is 12.7. The van der Waals surface area contributed by atoms with Crippen molar-refractivity contribution in [2.24, 2.45) is 5.92 Å². The molecule has 3 atom stereocenters. The zero-order valence-electron chi connectivity index (χ0n) is 11.2. The van der Waals surface area contributed by atoms with E-state index in [-0.39, 0.29) is 16.7 Å². The third-order valence-electron chi connectivity index (χ3n) is 5.27. The molecular weight excluding hydrogens is 220 g/mol. The minimum atomic E-state index is 0.158. The second kappa shape index (κ2) is 2.79. The lowest BCUT2D eigenvalue weighted by atomic mass is 9.81. The van der Waals surface area contributed by atoms with Crippen molar-refractivity contribution >= 4 is 5.78 Å². The zero-order valence-corrected chi connectivity index (χ0v) is 11.2. The first kappa shape index (κ1) is 10.5. The van der Waals surface area contributed by atoms with Gasteiger partial charge >= 0.3 is 0 Å². The first-order chi connectivity index (χ1) is 8.43. The average molecular weight is 238 g/mol. The summed E-state index contributed by atoms with van der Waals surface area (Å²) in [5.41, 5.74) is 5.49. The minimum absolute atomic E-state index is 0.158. The van der Waals surface area contributed by atoms with Crippen molar-refractivity contribution in [3.63, 3.8) is 0 Å². The van der Waals surface area contributed by atoms with Gasteiger partial charge in [0.05, 0.1) is 0 Å². The Morgan fingerprint density at radius 3 is 2.39 bits per heavy atom. The van der Waals surface area contributed by atoms with Crippen LogP contribution in [-0.4, -0.2) is 5.78 Å². The summed E-state index contributed by atoms with van der Waals surface area (Å²) in [5.74, 6) is 0.516. The number of fused-ring (bicyclic) bond motifs is 6. The lowest BCUT2D eigenvalue weighted by Gasteiger charge is -2.22. The van der Waals surface area contributed by atoms with Gasteiger partial charge in [-0.2, -0.15) is 0 Å². The largest absolute Gasteiger partial charge is 0.294 e. The molecule has 0 amide bonds. The van der Waals surface area contributed by atoms with E-state index in [1.807, 2.05) is 6.92 Å². The van der Waals surface area contributed by atoms with E-state index in [1.54, 1.807) is 0 Å². The molecular formula is C17H18O. The van der Waals surface area contributed by atoms with Gasteiger partial charge < -0.3 is 0 Å². The molecule has 3 unspecified atom stereocenters. The summed E-state index contributed by atoms with van der Waals surface area (Å²) >= 11 is 0. The number of hydrogen-bond acceptors (Lipinski definition) is 1. The molecule has 1 aromatic rings. The molecule has 18 heavy (non-hydrogen) atoms. The Morgan fingerprint density at radius 1 is 1.11 bits per heavy atom. The van der Waals surface area contributed by atoms with Gasteiger partial charge in [-0.05, 0) is 35.6 Å². The van der Waals surface area contributed by atoms with Crippen LogP contribution in [0.25, 0.3) is 0 Å². The summed E-state index contributed by atoms with van der Waals surface area (Å²) in [6.45, 7) is 6.67. The van der Waals surface area contributed by atoms with Crippen molar-refractivity contribution in [2.75, 3.05) is 0 Å². The van der Waals surface area contributed by atoms with Crippen LogP contribution in [0.1, 0.15) is 54.2 Å². The van der Waals surface area contributed by atoms with Crippen LogP contribution < -0.4 is 0 Å². The summed E-state index contributed by atoms with van der Waals surface area (Å²) in [4.78, 5) is 12.2. The minimum Gasteiger partial charge on any atom is -0.294 e. The van der Waals surface area contributed by atoms with Crippen molar-refractivity contribution in [3.05, 3.63) is 46.5 Å². The summed E-state index contributed by atoms with van der Waals surface area (Å²) in [7, 11) is 0. The molecule has 1 heteroatoms. The molecule has 0 saturated heterocycles. The summed E-state index contributed by atoms with van der Waals surface area (Å²) < 4.78 is 0. The predicted octanol–water partition coefficient (Wildman–Crippen LogP) is 3.55. The van der Waals surface area contributed by atoms with E-state index in [1.165, 1.54) is 23.1 Å². The van der Waals surface area contributed by atoms with Gasteiger partial charge in [0.25, 0.3) is 0 Å². The van der Waals surface area contributed by atoms with Gasteiger partial charge in [-0.15, -0.1) is 0 Å². The highest BCUT2D eigenvalue weighted by molar-refractivity contribution is 6.02. The summed E-state index contributed by atoms with van der Waals surface area (Å²) in [6.07, 6.45) is 6.80. The van der Waals surface area contributed by atoms with Gasteiger partial charge in [-0.25, -0.2) is 0 Å². The monoisotopic (exact) mass is 238 g/mol. The maximum atomic E-state index is 12.2. The smallest absolute Gasteiger partial charge is 0.166 e. The van der Waals surface area contributed by atoms with Crippen molar-refractivity contribution in [1.82, 2.24) is 0 Å². The Hall–Kier alpha value is -1.37. The Bertz CT molecular complexity index is 625. The van der Waals surface area contributed by atoms with E-state index in [2.05, 4.69) is 38.1 Å². The fraction of sp³-hybridized carbons (Fsp3) is 0.471. The van der Waals surface area contributed by atoms with Crippen LogP contribution in [0.2, 0.25) is 0 Å². The van der Waals surface area contributed by atoms with Crippen LogP contribution in [-0.2, 0) is 17.3 Å². The second-order valence-corrected chi connectivity index (χ2v) is 6.87. The lowest BCUT2D eigenvalue weighted by molar-refractivity contribution is 0.0946. The van der Waals surface area contributed by atoms with Gasteiger partial charge in [-0.3, -0.25) is 4.79 Å². The van der Waals surface area contributed by atoms with E-state index >= 15 is 0 Å². The van der Waals surface area contributed by atoms with Crippen molar-refractivity contribution in [3.8, 4) is 0 Å². The third kappa shape index (κ3) is 1.02. The second-order valence-electron chi connectivity index (χ2n) is 6.87. The molecule has 2 bridgehead atoms. The Balaban J connectivity index is 2.00. The third-order valence-corrected chi connectivity index (χ3v) is 5.27. The van der Waals surface area contributed by atoms with E-state index in [4.69, 9.17) is 0 Å². The number of hydrogen-bond donors (Lipinski definition) is 0. The van der Waals surface area contributed by atoms with E-state index in [0.29, 0.717) is 5.78 Å². The molecule has 1 aromatic carbocycles. The molecule has 1 nitrogen and oxygen atoms in total. The van der Waals surface area contributed by atoms with Gasteiger partial charge in [0.2, 0.25) is 0 Å². The molecule has 92 valence electrons. The number of carbonyl (C=O) groups is 1. The van der Waals surface area contributed by atoms with E-state index in [9.17, 15) is 4.79 Å². The van der Waals surface area contributed by atoms with E-state index < -0.39 is 0 Å². The molecule has 3 aliphatic carbocycles. The van der Waals surface area contributed by atoms with Crippen LogP contribution in [0, 0.1) is 5.92 Å². The highest BCUT2D eigenvalue weighted by Crippen LogP contribution is 2.57. The number of Topliss-reactive ketones (excluding diaryl/α,β-unsaturated/α-hetero) is 1. The van der Waals surface area contributed by atoms with E-state index in [0.717, 1.165) is 12.0 Å². The molecule has 0 N–H and O–H groups in total. The number of carbonyl (C=O) groups excluding carboxylic acids is 1. The first-order valence-electron chi connectivity index (χ1n) is 6.85. The highest BCUT2D eigenvalue weighted by atomic mass is 16.1.